The van der Waals surface area contributed by atoms with Gasteiger partial charge in [-0.2, -0.15) is 8.78 Å². The number of nitrogens with one attached hydrogen (secondary N) is 2. The van der Waals surface area contributed by atoms with Crippen molar-refractivity contribution < 1.29 is 37.1 Å². The first-order valence-corrected chi connectivity index (χ1v) is 7.74. The van der Waals surface area contributed by atoms with Crippen LogP contribution in [0.4, 0.5) is 14.5 Å². The average Bonchev–Trinajstić information content (AvgIpc) is 3.14. The molecule has 1 heterocycles. The van der Waals surface area contributed by atoms with Gasteiger partial charge in [0.2, 0.25) is 0 Å². The number of amides is 2. The smallest absolute Gasteiger partial charge is 0.387 e. The fourth-order valence-corrected chi connectivity index (χ4v) is 2.04. The number of esters is 1. The number of benzene rings is 1. The number of hydrogen-bond acceptors (Lipinski definition) is 6. The minimum Gasteiger partial charge on any atom is -0.459 e. The maximum absolute atomic E-state index is 12.1. The van der Waals surface area contributed by atoms with E-state index in [2.05, 4.69) is 15.4 Å². The highest BCUT2D eigenvalue weighted by Crippen LogP contribution is 2.28. The third kappa shape index (κ3) is 6.59. The monoisotopic (exact) mass is 402 g/mol. The Labute approximate surface area is 156 Å². The van der Waals surface area contributed by atoms with Crippen LogP contribution in [0, 0.1) is 0 Å². The van der Waals surface area contributed by atoms with E-state index < -0.39 is 37.5 Å². The highest BCUT2D eigenvalue weighted by atomic mass is 35.5. The van der Waals surface area contributed by atoms with Crippen molar-refractivity contribution in [2.24, 2.45) is 0 Å². The normalized spacial score (nSPS) is 10.4. The summed E-state index contributed by atoms with van der Waals surface area (Å²) in [6.45, 7) is -4.11. The third-order valence-corrected chi connectivity index (χ3v) is 3.23. The molecule has 11 heteroatoms. The topological polar surface area (TPSA) is 107 Å². The van der Waals surface area contributed by atoms with Crippen LogP contribution in [0.1, 0.15) is 10.6 Å². The molecule has 8 nitrogen and oxygen atoms in total. The molecule has 2 aromatic rings. The quantitative estimate of drug-likeness (QED) is 0.657. The zero-order valence-electron chi connectivity index (χ0n) is 13.5. The minimum absolute atomic E-state index is 0.0247. The molecule has 0 aliphatic rings. The number of rotatable bonds is 8. The molecule has 0 fully saturated rings. The SMILES string of the molecule is O=C(COC(=O)CNC(=O)c1ccco1)Nc1ccc(OC(F)F)c(Cl)c1. The molecule has 27 heavy (non-hydrogen) atoms. The second-order valence-electron chi connectivity index (χ2n) is 4.89. The van der Waals surface area contributed by atoms with Crippen molar-refractivity contribution in [1.82, 2.24) is 5.32 Å². The van der Waals surface area contributed by atoms with Crippen molar-refractivity contribution >= 4 is 35.1 Å². The van der Waals surface area contributed by atoms with Crippen molar-refractivity contribution in [2.45, 2.75) is 6.61 Å². The molecule has 144 valence electrons. The van der Waals surface area contributed by atoms with E-state index in [9.17, 15) is 23.2 Å². The molecule has 0 aliphatic carbocycles. The Morgan fingerprint density at radius 3 is 2.63 bits per heavy atom. The minimum atomic E-state index is -3.03. The number of halogens is 3. The zero-order chi connectivity index (χ0) is 19.8. The molecule has 2 N–H and O–H groups in total. The van der Waals surface area contributed by atoms with Gasteiger partial charge in [0.15, 0.2) is 12.4 Å². The van der Waals surface area contributed by atoms with Crippen molar-refractivity contribution in [3.63, 3.8) is 0 Å². The molecular formula is C16H13ClF2N2O6. The lowest BCUT2D eigenvalue weighted by Gasteiger charge is -2.10. The van der Waals surface area contributed by atoms with E-state index in [0.717, 1.165) is 6.07 Å². The molecule has 2 amide bonds. The third-order valence-electron chi connectivity index (χ3n) is 2.93. The maximum Gasteiger partial charge on any atom is 0.387 e. The van der Waals surface area contributed by atoms with Gasteiger partial charge in [-0.1, -0.05) is 11.6 Å². The number of ether oxygens (including phenoxy) is 2. The Kier molecular flexibility index (Phi) is 7.12. The fraction of sp³-hybridized carbons (Fsp3) is 0.188. The van der Waals surface area contributed by atoms with Crippen LogP contribution in [-0.2, 0) is 14.3 Å². The molecule has 0 radical (unpaired) electrons. The molecule has 0 saturated heterocycles. The van der Waals surface area contributed by atoms with Crippen LogP contribution in [0.5, 0.6) is 5.75 Å². The molecule has 0 atom stereocenters. The van der Waals surface area contributed by atoms with Crippen LogP contribution in [0.2, 0.25) is 5.02 Å². The number of carbonyl (C=O) groups excluding carboxylic acids is 3. The van der Waals surface area contributed by atoms with Crippen molar-refractivity contribution in [1.29, 1.82) is 0 Å². The summed E-state index contributed by atoms with van der Waals surface area (Å²) in [7, 11) is 0. The molecule has 0 spiro atoms. The number of hydrogen-bond donors (Lipinski definition) is 2. The van der Waals surface area contributed by atoms with E-state index in [1.165, 1.54) is 30.5 Å². The summed E-state index contributed by atoms with van der Waals surface area (Å²) in [4.78, 5) is 34.8. The first kappa shape index (κ1) is 20.2. The van der Waals surface area contributed by atoms with Crippen LogP contribution in [0.3, 0.4) is 0 Å². The number of anilines is 1. The predicted octanol–water partition coefficient (Wildman–Crippen LogP) is 2.45. The molecule has 1 aromatic carbocycles. The summed E-state index contributed by atoms with van der Waals surface area (Å²) in [5, 5.41) is 4.48. The predicted molar refractivity (Wildman–Crippen MR) is 88.7 cm³/mol. The highest BCUT2D eigenvalue weighted by molar-refractivity contribution is 6.32. The first-order chi connectivity index (χ1) is 12.8. The van der Waals surface area contributed by atoms with Crippen molar-refractivity contribution in [3.05, 3.63) is 47.4 Å². The van der Waals surface area contributed by atoms with Gasteiger partial charge in [0, 0.05) is 5.69 Å². The molecule has 1 aromatic heterocycles. The lowest BCUT2D eigenvalue weighted by Crippen LogP contribution is -2.32. The summed E-state index contributed by atoms with van der Waals surface area (Å²) in [5.74, 6) is -2.37. The highest BCUT2D eigenvalue weighted by Gasteiger charge is 2.13. The number of furan rings is 1. The Bertz CT molecular complexity index is 813. The Hall–Kier alpha value is -3.14. The maximum atomic E-state index is 12.1. The number of carbonyl (C=O) groups is 3. The standard InChI is InChI=1S/C16H13ClF2N2O6/c17-10-6-9(3-4-11(10)27-16(18)19)21-13(22)8-26-14(23)7-20-15(24)12-2-1-5-25-12/h1-6,16H,7-8H2,(H,20,24)(H,21,22). The summed E-state index contributed by atoms with van der Waals surface area (Å²) in [6, 6.07) is 6.56. The van der Waals surface area contributed by atoms with E-state index in [4.69, 9.17) is 20.8 Å². The Morgan fingerprint density at radius 2 is 2.00 bits per heavy atom. The van der Waals surface area contributed by atoms with Gasteiger partial charge in [-0.05, 0) is 30.3 Å². The van der Waals surface area contributed by atoms with E-state index in [-0.39, 0.29) is 22.2 Å². The molecular weight excluding hydrogens is 390 g/mol. The van der Waals surface area contributed by atoms with E-state index >= 15 is 0 Å². The average molecular weight is 403 g/mol. The molecule has 0 aliphatic heterocycles. The van der Waals surface area contributed by atoms with Gasteiger partial charge in [0.1, 0.15) is 12.3 Å². The summed E-state index contributed by atoms with van der Waals surface area (Å²) < 4.78 is 38.0. The summed E-state index contributed by atoms with van der Waals surface area (Å²) in [5.41, 5.74) is 0.189. The Morgan fingerprint density at radius 1 is 1.22 bits per heavy atom. The second-order valence-corrected chi connectivity index (χ2v) is 5.30. The van der Waals surface area contributed by atoms with Crippen molar-refractivity contribution in [3.8, 4) is 5.75 Å². The van der Waals surface area contributed by atoms with E-state index in [1.807, 2.05) is 0 Å². The van der Waals surface area contributed by atoms with E-state index in [1.54, 1.807) is 0 Å². The van der Waals surface area contributed by atoms with Gasteiger partial charge in [-0.25, -0.2) is 0 Å². The largest absolute Gasteiger partial charge is 0.459 e. The van der Waals surface area contributed by atoms with Gasteiger partial charge < -0.3 is 24.5 Å². The van der Waals surface area contributed by atoms with Crippen molar-refractivity contribution in [2.75, 3.05) is 18.5 Å². The van der Waals surface area contributed by atoms with Gasteiger partial charge in [-0.15, -0.1) is 0 Å². The van der Waals surface area contributed by atoms with Crippen LogP contribution >= 0.6 is 11.6 Å². The molecule has 0 bridgehead atoms. The molecule has 0 saturated carbocycles. The van der Waals surface area contributed by atoms with Gasteiger partial charge in [-0.3, -0.25) is 14.4 Å². The van der Waals surface area contributed by atoms with E-state index in [0.29, 0.717) is 0 Å². The van der Waals surface area contributed by atoms with Crippen LogP contribution < -0.4 is 15.4 Å². The lowest BCUT2D eigenvalue weighted by atomic mass is 10.3. The fourth-order valence-electron chi connectivity index (χ4n) is 1.81. The molecule has 0 unspecified atom stereocenters. The summed E-state index contributed by atoms with van der Waals surface area (Å²) >= 11 is 5.75. The van der Waals surface area contributed by atoms with Crippen LogP contribution in [-0.4, -0.2) is 37.5 Å². The summed E-state index contributed by atoms with van der Waals surface area (Å²) in [6.07, 6.45) is 1.30. The van der Waals surface area contributed by atoms with Gasteiger partial charge >= 0.3 is 12.6 Å². The van der Waals surface area contributed by atoms with Gasteiger partial charge in [0.25, 0.3) is 11.8 Å². The number of alkyl halides is 2. The molecule has 2 rings (SSSR count). The lowest BCUT2D eigenvalue weighted by molar-refractivity contribution is -0.146. The zero-order valence-corrected chi connectivity index (χ0v) is 14.3. The second kappa shape index (κ2) is 9.53. The Balaban J connectivity index is 1.74. The van der Waals surface area contributed by atoms with Gasteiger partial charge in [0.05, 0.1) is 11.3 Å². The van der Waals surface area contributed by atoms with Crippen LogP contribution in [0.15, 0.2) is 41.0 Å². The van der Waals surface area contributed by atoms with Crippen LogP contribution in [0.25, 0.3) is 0 Å². The first-order valence-electron chi connectivity index (χ1n) is 7.36.